The molecule has 0 saturated carbocycles. The number of nitrogens with one attached hydrogen (secondary N) is 1. The Morgan fingerprint density at radius 2 is 1.26 bits per heavy atom. The number of benzene rings is 3. The number of rotatable bonds is 8. The molecular weight excluding hydrogens is 330 g/mol. The fourth-order valence-electron chi connectivity index (χ4n) is 3.42. The third kappa shape index (κ3) is 5.82. The van der Waals surface area contributed by atoms with E-state index in [1.165, 1.54) is 16.7 Å². The highest BCUT2D eigenvalue weighted by atomic mass is 16.1. The highest BCUT2D eigenvalue weighted by molar-refractivity contribution is 5.77. The summed E-state index contributed by atoms with van der Waals surface area (Å²) in [4.78, 5) is 12.7. The summed E-state index contributed by atoms with van der Waals surface area (Å²) >= 11 is 0. The Balaban J connectivity index is 1.61. The van der Waals surface area contributed by atoms with Crippen molar-refractivity contribution in [2.24, 2.45) is 0 Å². The zero-order chi connectivity index (χ0) is 18.9. The van der Waals surface area contributed by atoms with Crippen molar-refractivity contribution in [1.82, 2.24) is 5.32 Å². The second kappa shape index (κ2) is 9.72. The van der Waals surface area contributed by atoms with E-state index in [2.05, 4.69) is 60.8 Å². The molecular formula is C25H27NO. The van der Waals surface area contributed by atoms with Gasteiger partial charge in [-0.25, -0.2) is 0 Å². The van der Waals surface area contributed by atoms with Crippen LogP contribution in [0.4, 0.5) is 0 Å². The van der Waals surface area contributed by atoms with Crippen molar-refractivity contribution < 1.29 is 4.79 Å². The maximum absolute atomic E-state index is 12.7. The molecule has 0 fully saturated rings. The zero-order valence-electron chi connectivity index (χ0n) is 15.8. The molecule has 1 amide bonds. The Labute approximate surface area is 162 Å². The van der Waals surface area contributed by atoms with Gasteiger partial charge in [-0.05, 0) is 36.5 Å². The molecule has 1 unspecified atom stereocenters. The second-order valence-corrected chi connectivity index (χ2v) is 7.07. The van der Waals surface area contributed by atoms with Gasteiger partial charge in [-0.3, -0.25) is 4.79 Å². The van der Waals surface area contributed by atoms with E-state index in [1.54, 1.807) is 0 Å². The number of hydrogen-bond acceptors (Lipinski definition) is 1. The largest absolute Gasteiger partial charge is 0.354 e. The summed E-state index contributed by atoms with van der Waals surface area (Å²) < 4.78 is 0. The molecule has 0 aliphatic rings. The minimum atomic E-state index is 0.0775. The highest BCUT2D eigenvalue weighted by Crippen LogP contribution is 2.27. The molecule has 1 N–H and O–H groups in total. The molecule has 0 aliphatic heterocycles. The molecule has 0 aliphatic carbocycles. The van der Waals surface area contributed by atoms with Crippen LogP contribution in [0.5, 0.6) is 0 Å². The average molecular weight is 357 g/mol. The van der Waals surface area contributed by atoms with Crippen LogP contribution in [0, 0.1) is 0 Å². The lowest BCUT2D eigenvalue weighted by Crippen LogP contribution is -2.33. The van der Waals surface area contributed by atoms with Gasteiger partial charge in [0.2, 0.25) is 5.91 Å². The monoisotopic (exact) mass is 357 g/mol. The van der Waals surface area contributed by atoms with Crippen LogP contribution in [0.2, 0.25) is 0 Å². The molecule has 27 heavy (non-hydrogen) atoms. The molecule has 0 heterocycles. The minimum Gasteiger partial charge on any atom is -0.354 e. The summed E-state index contributed by atoms with van der Waals surface area (Å²) in [5.41, 5.74) is 3.66. The summed E-state index contributed by atoms with van der Waals surface area (Å²) in [7, 11) is 0. The maximum atomic E-state index is 12.7. The van der Waals surface area contributed by atoms with E-state index in [9.17, 15) is 4.79 Å². The van der Waals surface area contributed by atoms with Crippen LogP contribution in [-0.2, 0) is 11.2 Å². The Hall–Kier alpha value is -2.87. The van der Waals surface area contributed by atoms with Crippen molar-refractivity contribution in [2.75, 3.05) is 0 Å². The van der Waals surface area contributed by atoms with E-state index >= 15 is 0 Å². The van der Waals surface area contributed by atoms with Gasteiger partial charge in [0.25, 0.3) is 0 Å². The fraction of sp³-hybridized carbons (Fsp3) is 0.240. The van der Waals surface area contributed by atoms with Gasteiger partial charge >= 0.3 is 0 Å². The topological polar surface area (TPSA) is 29.1 Å². The first-order valence-corrected chi connectivity index (χ1v) is 9.65. The fourth-order valence-corrected chi connectivity index (χ4v) is 3.42. The normalized spacial score (nSPS) is 11.9. The van der Waals surface area contributed by atoms with Crippen LogP contribution in [0.3, 0.4) is 0 Å². The Bertz CT molecular complexity index is 775. The van der Waals surface area contributed by atoms with Crippen molar-refractivity contribution in [3.63, 3.8) is 0 Å². The third-order valence-electron chi connectivity index (χ3n) is 4.91. The summed E-state index contributed by atoms with van der Waals surface area (Å²) in [6.07, 6.45) is 2.38. The van der Waals surface area contributed by atoms with Gasteiger partial charge in [-0.15, -0.1) is 0 Å². The molecule has 3 rings (SSSR count). The van der Waals surface area contributed by atoms with Gasteiger partial charge in [-0.2, -0.15) is 0 Å². The Morgan fingerprint density at radius 1 is 0.778 bits per heavy atom. The van der Waals surface area contributed by atoms with Gasteiger partial charge < -0.3 is 5.32 Å². The van der Waals surface area contributed by atoms with E-state index in [0.29, 0.717) is 6.42 Å². The lowest BCUT2D eigenvalue weighted by molar-refractivity contribution is -0.121. The van der Waals surface area contributed by atoms with Crippen molar-refractivity contribution in [1.29, 1.82) is 0 Å². The number of carbonyl (C=O) groups is 1. The predicted molar refractivity (Wildman–Crippen MR) is 112 cm³/mol. The van der Waals surface area contributed by atoms with Crippen molar-refractivity contribution in [2.45, 2.75) is 38.1 Å². The molecule has 0 bridgehead atoms. The minimum absolute atomic E-state index is 0.0775. The average Bonchev–Trinajstić information content (AvgIpc) is 2.72. The lowest BCUT2D eigenvalue weighted by atomic mass is 9.88. The van der Waals surface area contributed by atoms with Gasteiger partial charge in [0, 0.05) is 18.4 Å². The maximum Gasteiger partial charge on any atom is 0.221 e. The third-order valence-corrected chi connectivity index (χ3v) is 4.91. The number of carbonyl (C=O) groups excluding carboxylic acids is 1. The molecule has 2 heteroatoms. The number of aryl methyl sites for hydroxylation is 1. The first-order valence-electron chi connectivity index (χ1n) is 9.65. The van der Waals surface area contributed by atoms with Crippen molar-refractivity contribution in [3.05, 3.63) is 108 Å². The van der Waals surface area contributed by atoms with E-state index in [4.69, 9.17) is 0 Å². The van der Waals surface area contributed by atoms with E-state index < -0.39 is 0 Å². The van der Waals surface area contributed by atoms with Crippen molar-refractivity contribution in [3.8, 4) is 0 Å². The summed E-state index contributed by atoms with van der Waals surface area (Å²) in [6, 6.07) is 31.1. The predicted octanol–water partition coefficient (Wildman–Crippen LogP) is 5.35. The Morgan fingerprint density at radius 3 is 1.78 bits per heavy atom. The second-order valence-electron chi connectivity index (χ2n) is 7.07. The SMILES string of the molecule is CC(CCc1ccccc1)NC(=O)CC(c1ccccc1)c1ccccc1. The molecule has 0 radical (unpaired) electrons. The van der Waals surface area contributed by atoms with Gasteiger partial charge in [-0.1, -0.05) is 91.0 Å². The van der Waals surface area contributed by atoms with Crippen LogP contribution < -0.4 is 5.32 Å². The summed E-state index contributed by atoms with van der Waals surface area (Å²) in [6.45, 7) is 2.08. The first-order chi connectivity index (χ1) is 13.2. The lowest BCUT2D eigenvalue weighted by Gasteiger charge is -2.20. The molecule has 0 spiro atoms. The molecule has 2 nitrogen and oxygen atoms in total. The standard InChI is InChI=1S/C25H27NO/c1-20(17-18-21-11-5-2-6-12-21)26-25(27)19-24(22-13-7-3-8-14-22)23-15-9-4-10-16-23/h2-16,20,24H,17-19H2,1H3,(H,26,27). The van der Waals surface area contributed by atoms with Gasteiger partial charge in [0.05, 0.1) is 0 Å². The molecule has 1 atom stereocenters. The van der Waals surface area contributed by atoms with E-state index in [-0.39, 0.29) is 17.9 Å². The van der Waals surface area contributed by atoms with E-state index in [0.717, 1.165) is 12.8 Å². The van der Waals surface area contributed by atoms with Crippen LogP contribution in [0.25, 0.3) is 0 Å². The summed E-state index contributed by atoms with van der Waals surface area (Å²) in [5.74, 6) is 0.182. The smallest absolute Gasteiger partial charge is 0.221 e. The van der Waals surface area contributed by atoms with Gasteiger partial charge in [0.15, 0.2) is 0 Å². The first kappa shape index (κ1) is 18.9. The zero-order valence-corrected chi connectivity index (χ0v) is 15.8. The molecule has 0 aromatic heterocycles. The van der Waals surface area contributed by atoms with Crippen LogP contribution >= 0.6 is 0 Å². The van der Waals surface area contributed by atoms with E-state index in [1.807, 2.05) is 42.5 Å². The molecule has 3 aromatic carbocycles. The van der Waals surface area contributed by atoms with Gasteiger partial charge in [0.1, 0.15) is 0 Å². The number of hydrogen-bond donors (Lipinski definition) is 1. The Kier molecular flexibility index (Phi) is 6.81. The molecule has 3 aromatic rings. The summed E-state index contributed by atoms with van der Waals surface area (Å²) in [5, 5.41) is 3.18. The van der Waals surface area contributed by atoms with Crippen LogP contribution in [0.1, 0.15) is 42.4 Å². The van der Waals surface area contributed by atoms with Crippen molar-refractivity contribution >= 4 is 5.91 Å². The quantitative estimate of drug-likeness (QED) is 0.579. The highest BCUT2D eigenvalue weighted by Gasteiger charge is 2.19. The molecule has 138 valence electrons. The van der Waals surface area contributed by atoms with Crippen LogP contribution in [-0.4, -0.2) is 11.9 Å². The number of amides is 1. The molecule has 0 saturated heterocycles. The van der Waals surface area contributed by atoms with Crippen LogP contribution in [0.15, 0.2) is 91.0 Å².